The van der Waals surface area contributed by atoms with E-state index in [1.54, 1.807) is 25.3 Å². The first-order valence-electron chi connectivity index (χ1n) is 8.98. The van der Waals surface area contributed by atoms with Crippen molar-refractivity contribution >= 4 is 34.0 Å². The van der Waals surface area contributed by atoms with Crippen LogP contribution in [0.15, 0.2) is 47.8 Å². The van der Waals surface area contributed by atoms with Crippen molar-refractivity contribution in [2.75, 3.05) is 30.5 Å². The average molecular weight is 409 g/mol. The third-order valence-corrected chi connectivity index (χ3v) is 5.25. The van der Waals surface area contributed by atoms with Crippen LogP contribution < -0.4 is 19.7 Å². The highest BCUT2D eigenvalue weighted by molar-refractivity contribution is 7.14. The van der Waals surface area contributed by atoms with E-state index in [1.807, 2.05) is 36.6 Å². The van der Waals surface area contributed by atoms with E-state index >= 15 is 0 Å². The minimum Gasteiger partial charge on any atom is -0.496 e. The van der Waals surface area contributed by atoms with E-state index in [4.69, 9.17) is 9.47 Å². The van der Waals surface area contributed by atoms with E-state index in [0.29, 0.717) is 22.3 Å². The number of hydrogen-bond donors (Lipinski definition) is 1. The van der Waals surface area contributed by atoms with Crippen molar-refractivity contribution in [2.45, 2.75) is 6.92 Å². The van der Waals surface area contributed by atoms with Gasteiger partial charge in [0, 0.05) is 10.9 Å². The molecule has 1 aliphatic heterocycles. The molecule has 0 unspecified atom stereocenters. The first-order chi connectivity index (χ1) is 14.0. The lowest BCUT2D eigenvalue weighted by Crippen LogP contribution is -2.43. The molecule has 0 saturated carbocycles. The zero-order valence-corrected chi connectivity index (χ0v) is 16.8. The van der Waals surface area contributed by atoms with E-state index in [-0.39, 0.29) is 25.0 Å². The van der Waals surface area contributed by atoms with Gasteiger partial charge in [0.25, 0.3) is 5.91 Å². The Morgan fingerprint density at radius 2 is 2.14 bits per heavy atom. The topological polar surface area (TPSA) is 80.8 Å². The van der Waals surface area contributed by atoms with Gasteiger partial charge in [-0.15, -0.1) is 11.3 Å². The number of benzene rings is 2. The van der Waals surface area contributed by atoms with Gasteiger partial charge in [-0.2, -0.15) is 0 Å². The lowest BCUT2D eigenvalue weighted by atomic mass is 10.1. The number of nitrogens with zero attached hydrogens (tertiary/aromatic N) is 2. The first kappa shape index (κ1) is 18.9. The van der Waals surface area contributed by atoms with Gasteiger partial charge < -0.3 is 14.8 Å². The number of fused-ring (bicyclic) bond motifs is 1. The maximum absolute atomic E-state index is 12.6. The van der Waals surface area contributed by atoms with Crippen molar-refractivity contribution in [3.63, 3.8) is 0 Å². The largest absolute Gasteiger partial charge is 0.496 e. The van der Waals surface area contributed by atoms with Crippen LogP contribution in [-0.4, -0.2) is 37.1 Å². The number of para-hydroxylation sites is 2. The molecule has 2 aromatic carbocycles. The molecule has 0 spiro atoms. The van der Waals surface area contributed by atoms with Crippen LogP contribution in [-0.2, 0) is 9.59 Å². The number of amides is 2. The third kappa shape index (κ3) is 3.93. The molecule has 0 atom stereocenters. The number of methoxy groups -OCH3 is 1. The van der Waals surface area contributed by atoms with Gasteiger partial charge in [-0.25, -0.2) is 4.98 Å². The van der Waals surface area contributed by atoms with Gasteiger partial charge in [0.05, 0.1) is 18.5 Å². The summed E-state index contributed by atoms with van der Waals surface area (Å²) >= 11 is 1.32. The van der Waals surface area contributed by atoms with Crippen molar-refractivity contribution < 1.29 is 19.1 Å². The fraction of sp³-hybridized carbons (Fsp3) is 0.190. The SMILES string of the molecule is COc1ccc(C)cc1-c1csc(NC(=O)CN2C(=O)COc3ccccc32)n1. The molecule has 7 nitrogen and oxygen atoms in total. The molecule has 8 heteroatoms. The summed E-state index contributed by atoms with van der Waals surface area (Å²) in [6.07, 6.45) is 0. The zero-order valence-electron chi connectivity index (χ0n) is 16.0. The highest BCUT2D eigenvalue weighted by atomic mass is 32.1. The summed E-state index contributed by atoms with van der Waals surface area (Å²) in [7, 11) is 1.61. The second-order valence-electron chi connectivity index (χ2n) is 6.53. The Hall–Kier alpha value is -3.39. The molecule has 0 bridgehead atoms. The van der Waals surface area contributed by atoms with Crippen LogP contribution in [0.2, 0.25) is 0 Å². The lowest BCUT2D eigenvalue weighted by molar-refractivity contribution is -0.123. The normalized spacial score (nSPS) is 12.9. The number of hydrogen-bond acceptors (Lipinski definition) is 6. The fourth-order valence-corrected chi connectivity index (χ4v) is 3.83. The maximum Gasteiger partial charge on any atom is 0.265 e. The number of thiazole rings is 1. The van der Waals surface area contributed by atoms with Crippen molar-refractivity contribution in [3.8, 4) is 22.8 Å². The Morgan fingerprint density at radius 3 is 2.97 bits per heavy atom. The Bertz CT molecular complexity index is 1080. The van der Waals surface area contributed by atoms with Gasteiger partial charge in [-0.1, -0.05) is 23.8 Å². The number of carbonyl (C=O) groups excluding carboxylic acids is 2. The molecule has 0 aliphatic carbocycles. The zero-order chi connectivity index (χ0) is 20.4. The van der Waals surface area contributed by atoms with Crippen molar-refractivity contribution in [1.82, 2.24) is 4.98 Å². The average Bonchev–Trinajstić information content (AvgIpc) is 3.18. The summed E-state index contributed by atoms with van der Waals surface area (Å²) in [5, 5.41) is 5.10. The van der Waals surface area contributed by atoms with Crippen molar-refractivity contribution in [3.05, 3.63) is 53.4 Å². The summed E-state index contributed by atoms with van der Waals surface area (Å²) in [5.74, 6) is 0.715. The number of anilines is 2. The smallest absolute Gasteiger partial charge is 0.265 e. The Balaban J connectivity index is 1.49. The lowest BCUT2D eigenvalue weighted by Gasteiger charge is -2.28. The van der Waals surface area contributed by atoms with Crippen LogP contribution in [0.5, 0.6) is 11.5 Å². The predicted molar refractivity (Wildman–Crippen MR) is 112 cm³/mol. The van der Waals surface area contributed by atoms with Crippen molar-refractivity contribution in [2.24, 2.45) is 0 Å². The standard InChI is InChI=1S/C21H19N3O4S/c1-13-7-8-17(27-2)14(9-13)15-12-29-21(22-15)23-19(25)10-24-16-5-3-4-6-18(16)28-11-20(24)26/h3-9,12H,10-11H2,1-2H3,(H,22,23,25). The van der Waals surface area contributed by atoms with Crippen LogP contribution in [0.1, 0.15) is 5.56 Å². The molecule has 2 heterocycles. The molecular formula is C21H19N3O4S. The van der Waals surface area contributed by atoms with Gasteiger partial charge in [-0.3, -0.25) is 14.5 Å². The van der Waals surface area contributed by atoms with Gasteiger partial charge in [0.1, 0.15) is 18.0 Å². The summed E-state index contributed by atoms with van der Waals surface area (Å²) < 4.78 is 10.8. The predicted octanol–water partition coefficient (Wildman–Crippen LogP) is 3.49. The van der Waals surface area contributed by atoms with Crippen LogP contribution in [0, 0.1) is 6.92 Å². The molecule has 1 aliphatic rings. The van der Waals surface area contributed by atoms with E-state index in [9.17, 15) is 9.59 Å². The third-order valence-electron chi connectivity index (χ3n) is 4.49. The van der Waals surface area contributed by atoms with Crippen molar-refractivity contribution in [1.29, 1.82) is 0 Å². The van der Waals surface area contributed by atoms with Gasteiger partial charge in [-0.05, 0) is 31.2 Å². The molecular weight excluding hydrogens is 390 g/mol. The molecule has 148 valence electrons. The first-order valence-corrected chi connectivity index (χ1v) is 9.85. The van der Waals surface area contributed by atoms with E-state index < -0.39 is 0 Å². The maximum atomic E-state index is 12.6. The summed E-state index contributed by atoms with van der Waals surface area (Å²) in [6.45, 7) is 1.80. The minimum atomic E-state index is -0.327. The molecule has 4 rings (SSSR count). The van der Waals surface area contributed by atoms with Crippen LogP contribution in [0.3, 0.4) is 0 Å². The molecule has 3 aromatic rings. The molecule has 0 fully saturated rings. The number of carbonyl (C=O) groups is 2. The molecule has 29 heavy (non-hydrogen) atoms. The quantitative estimate of drug-likeness (QED) is 0.698. The summed E-state index contributed by atoms with van der Waals surface area (Å²) in [6, 6.07) is 13.0. The molecule has 1 aromatic heterocycles. The summed E-state index contributed by atoms with van der Waals surface area (Å²) in [4.78, 5) is 30.7. The number of aromatic nitrogens is 1. The molecule has 0 radical (unpaired) electrons. The number of aryl methyl sites for hydroxylation is 1. The molecule has 2 amide bonds. The Kier molecular flexibility index (Phi) is 5.18. The van der Waals surface area contributed by atoms with Gasteiger partial charge >= 0.3 is 0 Å². The van der Waals surface area contributed by atoms with E-state index in [1.165, 1.54) is 16.2 Å². The van der Waals surface area contributed by atoms with E-state index in [0.717, 1.165) is 16.8 Å². The highest BCUT2D eigenvalue weighted by Gasteiger charge is 2.27. The highest BCUT2D eigenvalue weighted by Crippen LogP contribution is 2.33. The molecule has 0 saturated heterocycles. The van der Waals surface area contributed by atoms with Gasteiger partial charge in [0.2, 0.25) is 5.91 Å². The van der Waals surface area contributed by atoms with E-state index in [2.05, 4.69) is 10.3 Å². The number of nitrogens with one attached hydrogen (secondary N) is 1. The molecule has 1 N–H and O–H groups in total. The Labute approximate surface area is 171 Å². The van der Waals surface area contributed by atoms with Crippen LogP contribution in [0.4, 0.5) is 10.8 Å². The second-order valence-corrected chi connectivity index (χ2v) is 7.38. The summed E-state index contributed by atoms with van der Waals surface area (Å²) in [5.41, 5.74) is 3.26. The monoisotopic (exact) mass is 409 g/mol. The minimum absolute atomic E-state index is 0.0845. The van der Waals surface area contributed by atoms with Crippen LogP contribution in [0.25, 0.3) is 11.3 Å². The number of rotatable bonds is 5. The van der Waals surface area contributed by atoms with Crippen LogP contribution >= 0.6 is 11.3 Å². The Morgan fingerprint density at radius 1 is 1.31 bits per heavy atom. The number of ether oxygens (including phenoxy) is 2. The second kappa shape index (κ2) is 7.92. The van der Waals surface area contributed by atoms with Gasteiger partial charge in [0.15, 0.2) is 11.7 Å². The fourth-order valence-electron chi connectivity index (χ4n) is 3.11.